The van der Waals surface area contributed by atoms with Crippen LogP contribution < -0.4 is 4.74 Å². The molecule has 2 aromatic rings. The number of aromatic nitrogens is 2. The van der Waals surface area contributed by atoms with Gasteiger partial charge in [-0.2, -0.15) is 4.98 Å². The molecule has 0 fully saturated rings. The maximum absolute atomic E-state index is 10.9. The topological polar surface area (TPSA) is 78.2 Å². The third kappa shape index (κ3) is 3.15. The minimum atomic E-state index is -0.637. The van der Waals surface area contributed by atoms with Gasteiger partial charge in [-0.1, -0.05) is 18.5 Å². The maximum Gasteiger partial charge on any atom is 0.349 e. The Balaban J connectivity index is 2.39. The number of hydrogen-bond donors (Lipinski definition) is 0. The van der Waals surface area contributed by atoms with E-state index in [-0.39, 0.29) is 16.9 Å². The number of halogens is 2. The Labute approximate surface area is 124 Å². The molecule has 2 rings (SSSR count). The van der Waals surface area contributed by atoms with Crippen molar-refractivity contribution in [3.05, 3.63) is 50.4 Å². The van der Waals surface area contributed by atoms with E-state index in [1.807, 2.05) is 6.92 Å². The predicted octanol–water partition coefficient (Wildman–Crippen LogP) is 4.05. The van der Waals surface area contributed by atoms with Crippen molar-refractivity contribution < 1.29 is 9.66 Å². The van der Waals surface area contributed by atoms with Crippen LogP contribution >= 0.6 is 23.2 Å². The molecule has 0 radical (unpaired) electrons. The van der Waals surface area contributed by atoms with Crippen LogP contribution in [-0.2, 0) is 6.42 Å². The molecule has 0 saturated carbocycles. The van der Waals surface area contributed by atoms with Gasteiger partial charge in [0.2, 0.25) is 5.28 Å². The summed E-state index contributed by atoms with van der Waals surface area (Å²) in [5, 5.41) is 11.4. The highest BCUT2D eigenvalue weighted by atomic mass is 35.5. The van der Waals surface area contributed by atoms with Gasteiger partial charge in [-0.3, -0.25) is 10.1 Å². The summed E-state index contributed by atoms with van der Waals surface area (Å²) in [4.78, 5) is 17.5. The van der Waals surface area contributed by atoms with Crippen LogP contribution in [0.2, 0.25) is 10.3 Å². The van der Waals surface area contributed by atoms with Gasteiger partial charge in [0.05, 0.1) is 4.92 Å². The van der Waals surface area contributed by atoms with Gasteiger partial charge in [-0.15, -0.1) is 0 Å². The van der Waals surface area contributed by atoms with Gasteiger partial charge < -0.3 is 4.74 Å². The number of nitro groups is 1. The van der Waals surface area contributed by atoms with Gasteiger partial charge in [0, 0.05) is 5.02 Å². The molecule has 0 aliphatic carbocycles. The van der Waals surface area contributed by atoms with Crippen molar-refractivity contribution in [1.82, 2.24) is 9.97 Å². The fraction of sp³-hybridized carbons (Fsp3) is 0.167. The van der Waals surface area contributed by atoms with Gasteiger partial charge in [-0.05, 0) is 41.8 Å². The molecule has 20 heavy (non-hydrogen) atoms. The summed E-state index contributed by atoms with van der Waals surface area (Å²) in [6, 6.07) is 4.95. The van der Waals surface area contributed by atoms with Crippen molar-refractivity contribution in [2.24, 2.45) is 0 Å². The lowest BCUT2D eigenvalue weighted by molar-refractivity contribution is -0.386. The monoisotopic (exact) mass is 313 g/mol. The van der Waals surface area contributed by atoms with Crippen LogP contribution in [0.1, 0.15) is 12.5 Å². The van der Waals surface area contributed by atoms with Crippen LogP contribution in [-0.4, -0.2) is 14.9 Å². The Kier molecular flexibility index (Phi) is 4.36. The highest BCUT2D eigenvalue weighted by Gasteiger charge is 2.19. The van der Waals surface area contributed by atoms with E-state index in [2.05, 4.69) is 9.97 Å². The molecule has 0 aliphatic rings. The minimum absolute atomic E-state index is 0.129. The first-order valence-corrected chi connectivity index (χ1v) is 6.40. The van der Waals surface area contributed by atoms with Gasteiger partial charge >= 0.3 is 11.6 Å². The smallest absolute Gasteiger partial charge is 0.349 e. The Hall–Kier alpha value is -1.92. The first kappa shape index (κ1) is 14.5. The SMILES string of the molecule is CCc1cc(Oc2nc(Cl)ncc2[N+](=O)[O-])ccc1Cl. The van der Waals surface area contributed by atoms with E-state index in [1.165, 1.54) is 0 Å². The molecule has 1 aromatic carbocycles. The molecular weight excluding hydrogens is 305 g/mol. The van der Waals surface area contributed by atoms with E-state index < -0.39 is 4.92 Å². The Morgan fingerprint density at radius 2 is 2.15 bits per heavy atom. The minimum Gasteiger partial charge on any atom is -0.434 e. The maximum atomic E-state index is 10.9. The van der Waals surface area contributed by atoms with Crippen LogP contribution in [0.15, 0.2) is 24.4 Å². The van der Waals surface area contributed by atoms with Gasteiger partial charge in [0.25, 0.3) is 0 Å². The number of hydrogen-bond acceptors (Lipinski definition) is 5. The number of nitrogens with zero attached hydrogens (tertiary/aromatic N) is 3. The molecule has 0 bridgehead atoms. The highest BCUT2D eigenvalue weighted by molar-refractivity contribution is 6.31. The van der Waals surface area contributed by atoms with Gasteiger partial charge in [-0.25, -0.2) is 4.98 Å². The zero-order valence-electron chi connectivity index (χ0n) is 10.3. The van der Waals surface area contributed by atoms with Crippen molar-refractivity contribution >= 4 is 28.9 Å². The number of benzene rings is 1. The lowest BCUT2D eigenvalue weighted by Crippen LogP contribution is -1.98. The molecule has 0 saturated heterocycles. The Bertz CT molecular complexity index is 664. The summed E-state index contributed by atoms with van der Waals surface area (Å²) < 4.78 is 5.41. The quantitative estimate of drug-likeness (QED) is 0.483. The Morgan fingerprint density at radius 3 is 2.80 bits per heavy atom. The van der Waals surface area contributed by atoms with E-state index >= 15 is 0 Å². The van der Waals surface area contributed by atoms with Crippen molar-refractivity contribution in [1.29, 1.82) is 0 Å². The van der Waals surface area contributed by atoms with Crippen LogP contribution in [0, 0.1) is 10.1 Å². The van der Waals surface area contributed by atoms with Crippen LogP contribution in [0.25, 0.3) is 0 Å². The van der Waals surface area contributed by atoms with Gasteiger partial charge in [0.1, 0.15) is 11.9 Å². The summed E-state index contributed by atoms with van der Waals surface area (Å²) >= 11 is 11.6. The average Bonchev–Trinajstić information content (AvgIpc) is 2.40. The van der Waals surface area contributed by atoms with Crippen molar-refractivity contribution in [2.75, 3.05) is 0 Å². The van der Waals surface area contributed by atoms with Crippen molar-refractivity contribution in [3.8, 4) is 11.6 Å². The lowest BCUT2D eigenvalue weighted by atomic mass is 10.1. The number of ether oxygens (including phenoxy) is 1. The van der Waals surface area contributed by atoms with E-state index in [0.717, 1.165) is 11.8 Å². The second kappa shape index (κ2) is 6.02. The first-order valence-electron chi connectivity index (χ1n) is 5.64. The summed E-state index contributed by atoms with van der Waals surface area (Å²) in [6.45, 7) is 1.94. The molecular formula is C12H9Cl2N3O3. The van der Waals surface area contributed by atoms with Gasteiger partial charge in [0.15, 0.2) is 0 Å². The summed E-state index contributed by atoms with van der Waals surface area (Å²) in [7, 11) is 0. The summed E-state index contributed by atoms with van der Waals surface area (Å²) in [5.41, 5.74) is 0.509. The molecule has 6 nitrogen and oxygen atoms in total. The third-order valence-electron chi connectivity index (χ3n) is 2.52. The molecule has 0 atom stereocenters. The van der Waals surface area contributed by atoms with E-state index in [9.17, 15) is 10.1 Å². The van der Waals surface area contributed by atoms with Crippen molar-refractivity contribution in [3.63, 3.8) is 0 Å². The third-order valence-corrected chi connectivity index (χ3v) is 3.07. The highest BCUT2D eigenvalue weighted by Crippen LogP contribution is 2.31. The second-order valence-electron chi connectivity index (χ2n) is 3.80. The molecule has 8 heteroatoms. The summed E-state index contributed by atoms with van der Waals surface area (Å²) in [6.07, 6.45) is 1.71. The lowest BCUT2D eigenvalue weighted by Gasteiger charge is -2.07. The fourth-order valence-electron chi connectivity index (χ4n) is 1.54. The summed E-state index contributed by atoms with van der Waals surface area (Å²) in [5.74, 6) is 0.184. The molecule has 0 aliphatic heterocycles. The van der Waals surface area contributed by atoms with E-state index in [1.54, 1.807) is 18.2 Å². The standard InChI is InChI=1S/C12H9Cl2N3O3/c1-2-7-5-8(3-4-9(7)13)20-11-10(17(18)19)6-15-12(14)16-11/h3-6H,2H2,1H3. The van der Waals surface area contributed by atoms with Crippen LogP contribution in [0.3, 0.4) is 0 Å². The molecule has 0 spiro atoms. The average molecular weight is 314 g/mol. The molecule has 0 N–H and O–H groups in total. The van der Waals surface area contributed by atoms with E-state index in [4.69, 9.17) is 27.9 Å². The molecule has 0 unspecified atom stereocenters. The first-order chi connectivity index (χ1) is 9.51. The zero-order chi connectivity index (χ0) is 14.7. The zero-order valence-corrected chi connectivity index (χ0v) is 11.9. The predicted molar refractivity (Wildman–Crippen MR) is 74.6 cm³/mol. The largest absolute Gasteiger partial charge is 0.434 e. The van der Waals surface area contributed by atoms with Crippen LogP contribution in [0.5, 0.6) is 11.6 Å². The number of rotatable bonds is 4. The normalized spacial score (nSPS) is 10.3. The van der Waals surface area contributed by atoms with Crippen molar-refractivity contribution in [2.45, 2.75) is 13.3 Å². The molecule has 1 heterocycles. The number of aryl methyl sites for hydroxylation is 1. The van der Waals surface area contributed by atoms with E-state index in [0.29, 0.717) is 17.2 Å². The molecule has 0 amide bonds. The van der Waals surface area contributed by atoms with Crippen LogP contribution in [0.4, 0.5) is 5.69 Å². The molecule has 1 aromatic heterocycles. The fourth-order valence-corrected chi connectivity index (χ4v) is 1.91. The Morgan fingerprint density at radius 1 is 1.40 bits per heavy atom. The second-order valence-corrected chi connectivity index (χ2v) is 4.54. The molecule has 104 valence electrons.